The van der Waals surface area contributed by atoms with E-state index in [-0.39, 0.29) is 45.1 Å². The van der Waals surface area contributed by atoms with E-state index >= 15 is 0 Å². The van der Waals surface area contributed by atoms with Crippen LogP contribution in [0.3, 0.4) is 0 Å². The van der Waals surface area contributed by atoms with Gasteiger partial charge in [-0.3, -0.25) is 19.7 Å². The number of amides is 2. The second-order valence-corrected chi connectivity index (χ2v) is 10.5. The summed E-state index contributed by atoms with van der Waals surface area (Å²) in [6, 6.07) is 0. The molecule has 3 fully saturated rings. The fourth-order valence-corrected chi connectivity index (χ4v) is 6.74. The van der Waals surface area contributed by atoms with Crippen LogP contribution in [0.4, 0.5) is 10.1 Å². The average molecular weight is 460 g/mol. The summed E-state index contributed by atoms with van der Waals surface area (Å²) in [7, 11) is 0. The van der Waals surface area contributed by atoms with Crippen molar-refractivity contribution >= 4 is 33.3 Å². The molecular formula is C22H29N5O4S. The van der Waals surface area contributed by atoms with Crippen LogP contribution in [-0.2, 0) is 9.59 Å². The first-order chi connectivity index (χ1) is 15.5. The maximum Gasteiger partial charge on any atom is 0.345 e. The van der Waals surface area contributed by atoms with E-state index in [1.165, 1.54) is 25.9 Å². The molecule has 4 atom stereocenters. The van der Waals surface area contributed by atoms with Crippen LogP contribution in [-0.4, -0.2) is 52.8 Å². The second-order valence-electron chi connectivity index (χ2n) is 9.52. The van der Waals surface area contributed by atoms with Gasteiger partial charge in [-0.2, -0.15) is 0 Å². The van der Waals surface area contributed by atoms with Crippen molar-refractivity contribution in [1.82, 2.24) is 15.2 Å². The number of hydrogen-bond acceptors (Lipinski definition) is 7. The fourth-order valence-electron chi connectivity index (χ4n) is 6.10. The Morgan fingerprint density at radius 1 is 1.16 bits per heavy atom. The van der Waals surface area contributed by atoms with Gasteiger partial charge < -0.3 is 15.5 Å². The van der Waals surface area contributed by atoms with Gasteiger partial charge in [-0.15, -0.1) is 0 Å². The Balaban J connectivity index is 1.21. The Morgan fingerprint density at radius 3 is 2.47 bits per heavy atom. The van der Waals surface area contributed by atoms with E-state index in [0.717, 1.165) is 49.8 Å². The third-order valence-electron chi connectivity index (χ3n) is 7.75. The number of unbranched alkanes of at least 4 members (excludes halogenated alkanes) is 1. The minimum absolute atomic E-state index is 0.0421. The van der Waals surface area contributed by atoms with Gasteiger partial charge in [0.2, 0.25) is 11.8 Å². The molecule has 4 aliphatic rings. The van der Waals surface area contributed by atoms with E-state index in [4.69, 9.17) is 0 Å². The molecule has 1 aromatic heterocycles. The van der Waals surface area contributed by atoms with E-state index in [2.05, 4.69) is 32.7 Å². The van der Waals surface area contributed by atoms with E-state index in [1.807, 2.05) is 0 Å². The number of carbonyl (C=O) groups excluding carboxylic acids is 2. The highest BCUT2D eigenvalue weighted by molar-refractivity contribution is 7.18. The molecule has 1 spiro atoms. The number of nitrogens with zero attached hydrogens (tertiary/aromatic N) is 3. The molecular weight excluding hydrogens is 430 g/mol. The molecule has 32 heavy (non-hydrogen) atoms. The minimum atomic E-state index is -0.521. The number of hydrogen-bond donors (Lipinski definition) is 2. The highest BCUT2D eigenvalue weighted by Gasteiger charge is 2.69. The van der Waals surface area contributed by atoms with Gasteiger partial charge in [-0.25, -0.2) is 4.98 Å². The maximum absolute atomic E-state index is 13.2. The molecule has 1 aromatic rings. The summed E-state index contributed by atoms with van der Waals surface area (Å²) in [6.07, 6.45) is 12.0. The van der Waals surface area contributed by atoms with Crippen LogP contribution in [0.15, 0.2) is 18.3 Å². The normalized spacial score (nSPS) is 29.5. The third kappa shape index (κ3) is 3.83. The van der Waals surface area contributed by atoms with E-state index in [1.54, 1.807) is 0 Å². The second kappa shape index (κ2) is 8.55. The van der Waals surface area contributed by atoms with Gasteiger partial charge >= 0.3 is 5.00 Å². The van der Waals surface area contributed by atoms with Crippen LogP contribution >= 0.6 is 11.3 Å². The summed E-state index contributed by atoms with van der Waals surface area (Å²) in [5.41, 5.74) is 0.0502. The summed E-state index contributed by atoms with van der Waals surface area (Å²) < 4.78 is 0. The molecule has 2 N–H and O–H groups in total. The fraction of sp³-hybridized carbons (Fsp3) is 0.682. The first-order valence-electron chi connectivity index (χ1n) is 11.6. The van der Waals surface area contributed by atoms with Gasteiger partial charge in [-0.05, 0) is 86.7 Å². The average Bonchev–Trinajstić information content (AvgIpc) is 3.11. The van der Waals surface area contributed by atoms with Gasteiger partial charge in [0.15, 0.2) is 5.13 Å². The SMILES string of the molecule is O=C(NCCCCN1CCCC1)[C@H]1[C@H](C(=O)Nc2ncc([N+](=O)[O-])s2)[C@@H]2C=C[C@H]1C21CC1. The standard InChI is InChI=1S/C22H29N5O4S/c28-19(23-9-1-2-10-26-11-3-4-12-26)17-14-5-6-15(22(14)7-8-22)18(17)20(29)25-21-24-13-16(32-21)27(30)31/h5-6,13-15,17-18H,1-4,7-12H2,(H,23,28)(H,24,25,29)/t14-,15+,17-,18-/m1/s1. The lowest BCUT2D eigenvalue weighted by molar-refractivity contribution is -0.380. The van der Waals surface area contributed by atoms with Crippen molar-refractivity contribution in [2.24, 2.45) is 29.1 Å². The number of thiazole rings is 1. The Hall–Kier alpha value is -2.33. The molecule has 2 heterocycles. The number of nitrogens with one attached hydrogen (secondary N) is 2. The van der Waals surface area contributed by atoms with Crippen molar-refractivity contribution in [3.8, 4) is 0 Å². The highest BCUT2D eigenvalue weighted by atomic mass is 32.1. The van der Waals surface area contributed by atoms with Crippen molar-refractivity contribution in [1.29, 1.82) is 0 Å². The van der Waals surface area contributed by atoms with Crippen LogP contribution in [0.2, 0.25) is 0 Å². The molecule has 2 bridgehead atoms. The lowest BCUT2D eigenvalue weighted by atomic mass is 9.81. The van der Waals surface area contributed by atoms with Crippen molar-refractivity contribution < 1.29 is 14.5 Å². The number of nitro groups is 1. The number of carbonyl (C=O) groups is 2. The van der Waals surface area contributed by atoms with Crippen LogP contribution in [0.1, 0.15) is 38.5 Å². The molecule has 0 unspecified atom stereocenters. The summed E-state index contributed by atoms with van der Waals surface area (Å²) >= 11 is 0.838. The summed E-state index contributed by atoms with van der Waals surface area (Å²) in [5, 5.41) is 16.8. The topological polar surface area (TPSA) is 117 Å². The van der Waals surface area contributed by atoms with Crippen molar-refractivity contribution in [3.63, 3.8) is 0 Å². The van der Waals surface area contributed by atoms with Crippen LogP contribution < -0.4 is 10.6 Å². The maximum atomic E-state index is 13.2. The number of aromatic nitrogens is 1. The zero-order valence-corrected chi connectivity index (χ0v) is 18.8. The Kier molecular flexibility index (Phi) is 5.75. The lowest BCUT2D eigenvalue weighted by Gasteiger charge is -2.26. The van der Waals surface area contributed by atoms with E-state index < -0.39 is 10.8 Å². The molecule has 10 heteroatoms. The van der Waals surface area contributed by atoms with Crippen LogP contribution in [0.25, 0.3) is 0 Å². The molecule has 2 amide bonds. The van der Waals surface area contributed by atoms with Gasteiger partial charge in [0.1, 0.15) is 6.20 Å². The smallest absolute Gasteiger partial charge is 0.345 e. The van der Waals surface area contributed by atoms with Crippen molar-refractivity contribution in [2.75, 3.05) is 31.5 Å². The van der Waals surface area contributed by atoms with Gasteiger partial charge in [0.05, 0.1) is 16.8 Å². The van der Waals surface area contributed by atoms with E-state index in [9.17, 15) is 19.7 Å². The molecule has 5 rings (SSSR count). The zero-order chi connectivity index (χ0) is 22.3. The molecule has 2 saturated carbocycles. The summed E-state index contributed by atoms with van der Waals surface area (Å²) in [6.45, 7) is 4.08. The molecule has 1 saturated heterocycles. The lowest BCUT2D eigenvalue weighted by Crippen LogP contribution is -2.42. The highest BCUT2D eigenvalue weighted by Crippen LogP contribution is 2.72. The number of anilines is 1. The monoisotopic (exact) mass is 459 g/mol. The zero-order valence-electron chi connectivity index (χ0n) is 18.0. The first-order valence-corrected chi connectivity index (χ1v) is 12.4. The largest absolute Gasteiger partial charge is 0.356 e. The summed E-state index contributed by atoms with van der Waals surface area (Å²) in [5.74, 6) is -1.00. The Bertz CT molecular complexity index is 937. The number of rotatable bonds is 9. The molecule has 0 radical (unpaired) electrons. The first kappa shape index (κ1) is 21.5. The Labute approximate surface area is 190 Å². The number of allylic oxidation sites excluding steroid dienone is 2. The molecule has 0 aromatic carbocycles. The van der Waals surface area contributed by atoms with Crippen LogP contribution in [0.5, 0.6) is 0 Å². The quantitative estimate of drug-likeness (QED) is 0.254. The molecule has 3 aliphatic carbocycles. The predicted octanol–water partition coefficient (Wildman–Crippen LogP) is 2.81. The third-order valence-corrected chi connectivity index (χ3v) is 8.61. The van der Waals surface area contributed by atoms with Crippen molar-refractivity contribution in [3.05, 3.63) is 28.5 Å². The molecule has 172 valence electrons. The number of likely N-dealkylation sites (tertiary alicyclic amines) is 1. The van der Waals surface area contributed by atoms with Crippen LogP contribution in [0, 0.1) is 39.2 Å². The van der Waals surface area contributed by atoms with Gasteiger partial charge in [-0.1, -0.05) is 12.2 Å². The van der Waals surface area contributed by atoms with Gasteiger partial charge in [0.25, 0.3) is 0 Å². The summed E-state index contributed by atoms with van der Waals surface area (Å²) in [4.78, 5) is 43.2. The molecule has 1 aliphatic heterocycles. The van der Waals surface area contributed by atoms with Crippen molar-refractivity contribution in [2.45, 2.75) is 38.5 Å². The van der Waals surface area contributed by atoms with Gasteiger partial charge in [0, 0.05) is 6.54 Å². The predicted molar refractivity (Wildman–Crippen MR) is 120 cm³/mol. The Morgan fingerprint density at radius 2 is 1.84 bits per heavy atom. The minimum Gasteiger partial charge on any atom is -0.356 e. The molecule has 9 nitrogen and oxygen atoms in total. The van der Waals surface area contributed by atoms with E-state index in [0.29, 0.717) is 6.54 Å².